The van der Waals surface area contributed by atoms with Crippen LogP contribution in [0.25, 0.3) is 6.08 Å². The minimum Gasteiger partial charge on any atom is -0.439 e. The molecule has 0 bridgehead atoms. The van der Waals surface area contributed by atoms with E-state index < -0.39 is 35.3 Å². The molecular weight excluding hydrogens is 534 g/mol. The van der Waals surface area contributed by atoms with Crippen molar-refractivity contribution < 1.29 is 28.8 Å². The summed E-state index contributed by atoms with van der Waals surface area (Å²) in [5.74, 6) is -2.93. The number of hydrogen-bond donors (Lipinski definition) is 1. The van der Waals surface area contributed by atoms with E-state index in [0.717, 1.165) is 9.37 Å². The van der Waals surface area contributed by atoms with Gasteiger partial charge in [0.1, 0.15) is 5.70 Å². The van der Waals surface area contributed by atoms with Gasteiger partial charge in [-0.25, -0.2) is 9.69 Å². The van der Waals surface area contributed by atoms with Gasteiger partial charge < -0.3 is 10.1 Å². The Hall–Kier alpha value is -4.64. The number of nitro benzene ring substituents is 1. The van der Waals surface area contributed by atoms with Crippen LogP contribution < -0.4 is 5.32 Å². The maximum atomic E-state index is 12.9. The smallest absolute Gasteiger partial charge is 0.356 e. The lowest BCUT2D eigenvalue weighted by molar-refractivity contribution is -0.384. The average Bonchev–Trinajstić information content (AvgIpc) is 3.12. The van der Waals surface area contributed by atoms with Crippen molar-refractivity contribution in [2.45, 2.75) is 0 Å². The van der Waals surface area contributed by atoms with Crippen LogP contribution in [-0.4, -0.2) is 40.2 Å². The van der Waals surface area contributed by atoms with E-state index in [9.17, 15) is 29.3 Å². The number of nitro groups is 1. The van der Waals surface area contributed by atoms with Crippen LogP contribution in [0.4, 0.5) is 5.69 Å². The Kier molecular flexibility index (Phi) is 7.02. The molecule has 0 radical (unpaired) electrons. The molecule has 1 aliphatic heterocycles. The summed E-state index contributed by atoms with van der Waals surface area (Å²) in [6.45, 7) is -0.689. The SMILES string of the molecule is O=C(OCN1C(=O)c2ccccc2C1=O)/C(=C/c1cccc([N+](=O)[O-])c1)NC(=O)c1ccc(Br)cc1. The number of non-ortho nitro benzene ring substituents is 1. The van der Waals surface area contributed by atoms with Crippen molar-refractivity contribution >= 4 is 51.4 Å². The van der Waals surface area contributed by atoms with Gasteiger partial charge in [0.15, 0.2) is 6.73 Å². The second-order valence-corrected chi connectivity index (χ2v) is 8.43. The molecule has 3 aromatic carbocycles. The summed E-state index contributed by atoms with van der Waals surface area (Å²) in [5.41, 5.74) is 0.287. The van der Waals surface area contributed by atoms with Crippen molar-refractivity contribution in [3.05, 3.63) is 115 Å². The third-order valence-corrected chi connectivity index (χ3v) is 5.70. The molecule has 0 spiro atoms. The van der Waals surface area contributed by atoms with Gasteiger partial charge in [-0.2, -0.15) is 0 Å². The van der Waals surface area contributed by atoms with Crippen LogP contribution in [0, 0.1) is 10.1 Å². The highest BCUT2D eigenvalue weighted by Gasteiger charge is 2.36. The number of halogens is 1. The molecule has 0 saturated carbocycles. The molecule has 0 saturated heterocycles. The van der Waals surface area contributed by atoms with E-state index in [4.69, 9.17) is 4.74 Å². The van der Waals surface area contributed by atoms with Gasteiger partial charge in [0, 0.05) is 22.2 Å². The number of esters is 1. The summed E-state index contributed by atoms with van der Waals surface area (Å²) < 4.78 is 5.93. The highest BCUT2D eigenvalue weighted by atomic mass is 79.9. The molecule has 0 atom stereocenters. The largest absolute Gasteiger partial charge is 0.439 e. The van der Waals surface area contributed by atoms with E-state index in [1.807, 2.05) is 0 Å². The van der Waals surface area contributed by atoms with Crippen LogP contribution in [0.2, 0.25) is 0 Å². The molecule has 3 aromatic rings. The van der Waals surface area contributed by atoms with Gasteiger partial charge in [-0.1, -0.05) is 40.2 Å². The Morgan fingerprint density at radius 1 is 0.972 bits per heavy atom. The molecule has 0 aromatic heterocycles. The topological polar surface area (TPSA) is 136 Å². The molecule has 3 amide bonds. The Morgan fingerprint density at radius 2 is 1.61 bits per heavy atom. The summed E-state index contributed by atoms with van der Waals surface area (Å²) in [6, 6.07) is 17.9. The van der Waals surface area contributed by atoms with Crippen molar-refractivity contribution in [3.63, 3.8) is 0 Å². The van der Waals surface area contributed by atoms with E-state index in [0.29, 0.717) is 0 Å². The third kappa shape index (κ3) is 5.20. The van der Waals surface area contributed by atoms with Gasteiger partial charge >= 0.3 is 5.97 Å². The normalized spacial score (nSPS) is 12.8. The van der Waals surface area contributed by atoms with Crippen LogP contribution >= 0.6 is 15.9 Å². The number of amides is 3. The van der Waals surface area contributed by atoms with Crippen molar-refractivity contribution in [3.8, 4) is 0 Å². The first-order chi connectivity index (χ1) is 17.2. The lowest BCUT2D eigenvalue weighted by Crippen LogP contribution is -2.35. The molecule has 0 unspecified atom stereocenters. The Labute approximate surface area is 212 Å². The second-order valence-electron chi connectivity index (χ2n) is 7.52. The third-order valence-electron chi connectivity index (χ3n) is 5.17. The van der Waals surface area contributed by atoms with Gasteiger partial charge in [0.25, 0.3) is 23.4 Å². The molecule has 180 valence electrons. The first-order valence-electron chi connectivity index (χ1n) is 10.4. The zero-order chi connectivity index (χ0) is 25.8. The second kappa shape index (κ2) is 10.3. The predicted octanol–water partition coefficient (Wildman–Crippen LogP) is 3.93. The van der Waals surface area contributed by atoms with Crippen LogP contribution in [0.3, 0.4) is 0 Å². The fraction of sp³-hybridized carbons (Fsp3) is 0.0400. The number of nitrogens with zero attached hydrogens (tertiary/aromatic N) is 2. The zero-order valence-electron chi connectivity index (χ0n) is 18.3. The number of ether oxygens (including phenoxy) is 1. The van der Waals surface area contributed by atoms with Crippen LogP contribution in [0.5, 0.6) is 0 Å². The minimum atomic E-state index is -1.05. The molecule has 1 aliphatic rings. The van der Waals surface area contributed by atoms with Gasteiger partial charge in [-0.05, 0) is 48.0 Å². The number of nitrogens with one attached hydrogen (secondary N) is 1. The fourth-order valence-corrected chi connectivity index (χ4v) is 3.66. The van der Waals surface area contributed by atoms with E-state index in [2.05, 4.69) is 21.2 Å². The molecule has 4 rings (SSSR count). The average molecular weight is 550 g/mol. The summed E-state index contributed by atoms with van der Waals surface area (Å²) in [4.78, 5) is 62.0. The minimum absolute atomic E-state index is 0.189. The summed E-state index contributed by atoms with van der Waals surface area (Å²) in [6.07, 6.45) is 1.20. The highest BCUT2D eigenvalue weighted by molar-refractivity contribution is 9.10. The number of carbonyl (C=O) groups excluding carboxylic acids is 4. The lowest BCUT2D eigenvalue weighted by Gasteiger charge is -2.15. The van der Waals surface area contributed by atoms with Gasteiger partial charge in [-0.15, -0.1) is 0 Å². The first kappa shape index (κ1) is 24.5. The number of imide groups is 1. The standard InChI is InChI=1S/C25H16BrN3O7/c26-17-10-8-16(9-11-17)22(30)27-21(13-15-4-3-5-18(12-15)29(34)35)25(33)36-14-28-23(31)19-6-1-2-7-20(19)24(28)32/h1-13H,14H2,(H,27,30)/b21-13-. The molecular formula is C25H16BrN3O7. The molecule has 1 heterocycles. The van der Waals surface area contributed by atoms with Crippen LogP contribution in [0.15, 0.2) is 83.0 Å². The Bertz CT molecular complexity index is 1400. The van der Waals surface area contributed by atoms with Crippen molar-refractivity contribution in [2.75, 3.05) is 6.73 Å². The van der Waals surface area contributed by atoms with Crippen molar-refractivity contribution in [1.82, 2.24) is 10.2 Å². The maximum absolute atomic E-state index is 12.9. The lowest BCUT2D eigenvalue weighted by atomic mass is 10.1. The zero-order valence-corrected chi connectivity index (χ0v) is 19.9. The van der Waals surface area contributed by atoms with E-state index in [1.165, 1.54) is 54.6 Å². The van der Waals surface area contributed by atoms with Gasteiger partial charge in [0.2, 0.25) is 0 Å². The van der Waals surface area contributed by atoms with Crippen molar-refractivity contribution in [1.29, 1.82) is 0 Å². The van der Waals surface area contributed by atoms with Gasteiger partial charge in [0.05, 0.1) is 16.1 Å². The summed E-state index contributed by atoms with van der Waals surface area (Å²) >= 11 is 3.27. The number of hydrogen-bond acceptors (Lipinski definition) is 7. The maximum Gasteiger partial charge on any atom is 0.356 e. The quantitative estimate of drug-likeness (QED) is 0.155. The monoisotopic (exact) mass is 549 g/mol. The van der Waals surface area contributed by atoms with E-state index in [-0.39, 0.29) is 33.6 Å². The fourth-order valence-electron chi connectivity index (χ4n) is 3.39. The molecule has 1 N–H and O–H groups in total. The molecule has 0 fully saturated rings. The Balaban J connectivity index is 1.57. The van der Waals surface area contributed by atoms with E-state index >= 15 is 0 Å². The highest BCUT2D eigenvalue weighted by Crippen LogP contribution is 2.22. The molecule has 0 aliphatic carbocycles. The van der Waals surface area contributed by atoms with Gasteiger partial charge in [-0.3, -0.25) is 24.5 Å². The van der Waals surface area contributed by atoms with Crippen LogP contribution in [-0.2, 0) is 9.53 Å². The number of benzene rings is 3. The first-order valence-corrected chi connectivity index (χ1v) is 11.2. The molecule has 10 nitrogen and oxygen atoms in total. The van der Waals surface area contributed by atoms with Crippen molar-refractivity contribution in [2.24, 2.45) is 0 Å². The van der Waals surface area contributed by atoms with E-state index in [1.54, 1.807) is 24.3 Å². The molecule has 36 heavy (non-hydrogen) atoms. The number of carbonyl (C=O) groups is 4. The number of fused-ring (bicyclic) bond motifs is 1. The number of rotatable bonds is 7. The summed E-state index contributed by atoms with van der Waals surface area (Å²) in [7, 11) is 0. The Morgan fingerprint density at radius 3 is 2.22 bits per heavy atom. The summed E-state index contributed by atoms with van der Waals surface area (Å²) in [5, 5.41) is 13.6. The molecule has 11 heteroatoms. The predicted molar refractivity (Wildman–Crippen MR) is 131 cm³/mol. The van der Waals surface area contributed by atoms with Crippen LogP contribution in [0.1, 0.15) is 36.6 Å².